The predicted molar refractivity (Wildman–Crippen MR) is 127 cm³/mol. The lowest BCUT2D eigenvalue weighted by Gasteiger charge is -2.35. The Morgan fingerprint density at radius 2 is 1.83 bits per heavy atom. The van der Waals surface area contributed by atoms with Crippen LogP contribution in [0.15, 0.2) is 12.4 Å². The van der Waals surface area contributed by atoms with Gasteiger partial charge in [-0.05, 0) is 17.9 Å². The summed E-state index contributed by atoms with van der Waals surface area (Å²) in [5.41, 5.74) is 5.53. The summed E-state index contributed by atoms with van der Waals surface area (Å²) in [6.07, 6.45) is -0.781. The van der Waals surface area contributed by atoms with E-state index in [1.54, 1.807) is 11.8 Å². The van der Waals surface area contributed by atoms with Gasteiger partial charge in [0.25, 0.3) is 0 Å². The quantitative estimate of drug-likeness (QED) is 0.440. The molecular formula is C23H36F3N7O3. The number of rotatable bonds is 8. The summed E-state index contributed by atoms with van der Waals surface area (Å²) < 4.78 is 45.2. The van der Waals surface area contributed by atoms with Gasteiger partial charge in [-0.1, -0.05) is 20.8 Å². The molecule has 0 aliphatic carbocycles. The van der Waals surface area contributed by atoms with Gasteiger partial charge in [-0.15, -0.1) is 0 Å². The standard InChI is InChI=1S/C23H36F3N7O3/c1-15(30-17-13-29-31-20(35)19(17)23(24,25)26)14-36-10-5-18(34)32-6-8-33(9-7-32)21-27-11-16(12-28-21)22(2,3)4/h11-12,15,17,19,29-30H,5-10,13-14H2,1-4H3,(H,31,35)/t15-,17?,19?/m0/s1. The van der Waals surface area contributed by atoms with Crippen molar-refractivity contribution in [2.24, 2.45) is 5.92 Å². The molecule has 2 saturated heterocycles. The minimum absolute atomic E-state index is 0.0192. The predicted octanol–water partition coefficient (Wildman–Crippen LogP) is 0.989. The largest absolute Gasteiger partial charge is 0.402 e. The second kappa shape index (κ2) is 11.7. The molecule has 0 spiro atoms. The van der Waals surface area contributed by atoms with E-state index in [9.17, 15) is 22.8 Å². The number of carbonyl (C=O) groups is 2. The number of ether oxygens (including phenoxy) is 1. The van der Waals surface area contributed by atoms with Crippen molar-refractivity contribution in [1.29, 1.82) is 0 Å². The number of anilines is 1. The number of hydrogen-bond donors (Lipinski definition) is 3. The molecule has 2 unspecified atom stereocenters. The van der Waals surface area contributed by atoms with Gasteiger partial charge in [0.2, 0.25) is 17.8 Å². The van der Waals surface area contributed by atoms with Gasteiger partial charge in [-0.2, -0.15) is 13.2 Å². The van der Waals surface area contributed by atoms with Crippen LogP contribution in [0.5, 0.6) is 0 Å². The van der Waals surface area contributed by atoms with Gasteiger partial charge in [-0.3, -0.25) is 15.0 Å². The smallest absolute Gasteiger partial charge is 0.379 e. The molecule has 0 bridgehead atoms. The van der Waals surface area contributed by atoms with Crippen LogP contribution in [0, 0.1) is 5.92 Å². The minimum atomic E-state index is -4.65. The normalized spacial score (nSPS) is 22.4. The van der Waals surface area contributed by atoms with E-state index in [0.717, 1.165) is 5.56 Å². The average Bonchev–Trinajstić information content (AvgIpc) is 2.80. The van der Waals surface area contributed by atoms with E-state index >= 15 is 0 Å². The van der Waals surface area contributed by atoms with Crippen molar-refractivity contribution in [3.8, 4) is 0 Å². The maximum atomic E-state index is 13.2. The lowest BCUT2D eigenvalue weighted by atomic mass is 9.89. The van der Waals surface area contributed by atoms with Crippen LogP contribution in [0.4, 0.5) is 19.1 Å². The number of nitrogens with one attached hydrogen (secondary N) is 3. The number of carbonyl (C=O) groups excluding carboxylic acids is 2. The van der Waals surface area contributed by atoms with E-state index in [2.05, 4.69) is 46.4 Å². The van der Waals surface area contributed by atoms with Gasteiger partial charge in [-0.25, -0.2) is 15.4 Å². The number of aromatic nitrogens is 2. The number of piperazine rings is 1. The fourth-order valence-electron chi connectivity index (χ4n) is 4.18. The van der Waals surface area contributed by atoms with Gasteiger partial charge in [0.1, 0.15) is 0 Å². The van der Waals surface area contributed by atoms with Crippen LogP contribution in [-0.4, -0.2) is 90.9 Å². The van der Waals surface area contributed by atoms with Crippen LogP contribution in [0.2, 0.25) is 0 Å². The number of alkyl halides is 3. The summed E-state index contributed by atoms with van der Waals surface area (Å²) in [4.78, 5) is 37.0. The van der Waals surface area contributed by atoms with Gasteiger partial charge < -0.3 is 19.9 Å². The molecule has 1 aromatic rings. The Morgan fingerprint density at radius 1 is 1.19 bits per heavy atom. The minimum Gasteiger partial charge on any atom is -0.379 e. The van der Waals surface area contributed by atoms with Crippen LogP contribution >= 0.6 is 0 Å². The zero-order chi connectivity index (χ0) is 26.5. The molecule has 202 valence electrons. The molecule has 0 saturated carbocycles. The number of amides is 2. The van der Waals surface area contributed by atoms with E-state index in [1.165, 1.54) is 0 Å². The Kier molecular flexibility index (Phi) is 9.12. The molecule has 13 heteroatoms. The number of halogens is 3. The second-order valence-corrected chi connectivity index (χ2v) is 10.3. The number of hydrogen-bond acceptors (Lipinski definition) is 8. The fourth-order valence-corrected chi connectivity index (χ4v) is 4.18. The van der Waals surface area contributed by atoms with E-state index in [-0.39, 0.29) is 37.5 Å². The molecule has 0 radical (unpaired) electrons. The zero-order valence-electron chi connectivity index (χ0n) is 21.2. The van der Waals surface area contributed by atoms with Crippen LogP contribution in [0.1, 0.15) is 39.7 Å². The van der Waals surface area contributed by atoms with E-state index in [4.69, 9.17) is 4.74 Å². The number of hydrazine groups is 1. The Labute approximate surface area is 209 Å². The second-order valence-electron chi connectivity index (χ2n) is 10.3. The highest BCUT2D eigenvalue weighted by Gasteiger charge is 2.51. The van der Waals surface area contributed by atoms with E-state index in [1.807, 2.05) is 17.8 Å². The van der Waals surface area contributed by atoms with Crippen LogP contribution in [-0.2, 0) is 19.7 Å². The summed E-state index contributed by atoms with van der Waals surface area (Å²) in [5.74, 6) is -2.63. The van der Waals surface area contributed by atoms with Gasteiger partial charge in [0, 0.05) is 57.2 Å². The summed E-state index contributed by atoms with van der Waals surface area (Å²) in [6, 6.07) is -1.54. The van der Waals surface area contributed by atoms with Crippen LogP contribution in [0.25, 0.3) is 0 Å². The lowest BCUT2D eigenvalue weighted by molar-refractivity contribution is -0.193. The summed E-state index contributed by atoms with van der Waals surface area (Å²) in [7, 11) is 0. The van der Waals surface area contributed by atoms with Crippen molar-refractivity contribution in [1.82, 2.24) is 31.0 Å². The Hall–Kier alpha value is -2.51. The van der Waals surface area contributed by atoms with E-state index < -0.39 is 30.1 Å². The van der Waals surface area contributed by atoms with E-state index in [0.29, 0.717) is 32.1 Å². The molecule has 2 fully saturated rings. The Bertz CT molecular complexity index is 884. The monoisotopic (exact) mass is 515 g/mol. The van der Waals surface area contributed by atoms with Gasteiger partial charge in [0.05, 0.1) is 19.6 Å². The van der Waals surface area contributed by atoms with Crippen molar-refractivity contribution in [2.75, 3.05) is 50.8 Å². The van der Waals surface area contributed by atoms with Crippen LogP contribution in [0.3, 0.4) is 0 Å². The molecule has 2 amide bonds. The maximum Gasteiger partial charge on any atom is 0.402 e. The Morgan fingerprint density at radius 3 is 2.42 bits per heavy atom. The first kappa shape index (κ1) is 28.1. The molecule has 36 heavy (non-hydrogen) atoms. The van der Waals surface area contributed by atoms with Crippen molar-refractivity contribution >= 4 is 17.8 Å². The molecular weight excluding hydrogens is 479 g/mol. The maximum absolute atomic E-state index is 13.2. The average molecular weight is 516 g/mol. The summed E-state index contributed by atoms with van der Waals surface area (Å²) in [5, 5.41) is 2.81. The summed E-state index contributed by atoms with van der Waals surface area (Å²) in [6.45, 7) is 10.6. The fraction of sp³-hybridized carbons (Fsp3) is 0.739. The molecule has 2 aliphatic rings. The topological polar surface area (TPSA) is 112 Å². The highest BCUT2D eigenvalue weighted by Crippen LogP contribution is 2.30. The molecule has 3 heterocycles. The zero-order valence-corrected chi connectivity index (χ0v) is 21.2. The number of nitrogens with zero attached hydrogens (tertiary/aromatic N) is 4. The SMILES string of the molecule is C[C@@H](COCCC(=O)N1CCN(c2ncc(C(C)(C)C)cn2)CC1)NC1CNNC(=O)C1C(F)(F)F. The summed E-state index contributed by atoms with van der Waals surface area (Å²) >= 11 is 0. The molecule has 10 nitrogen and oxygen atoms in total. The van der Waals surface area contributed by atoms with Crippen LogP contribution < -0.4 is 21.1 Å². The van der Waals surface area contributed by atoms with Gasteiger partial charge in [0.15, 0.2) is 5.92 Å². The molecule has 2 aliphatic heterocycles. The third-order valence-corrected chi connectivity index (χ3v) is 6.32. The molecule has 3 rings (SSSR count). The molecule has 0 aromatic carbocycles. The highest BCUT2D eigenvalue weighted by molar-refractivity contribution is 5.80. The third-order valence-electron chi connectivity index (χ3n) is 6.32. The first-order chi connectivity index (χ1) is 16.9. The molecule has 3 atom stereocenters. The third kappa shape index (κ3) is 7.50. The first-order valence-electron chi connectivity index (χ1n) is 12.1. The van der Waals surface area contributed by atoms with Crippen molar-refractivity contribution in [3.63, 3.8) is 0 Å². The lowest BCUT2D eigenvalue weighted by Crippen LogP contribution is -2.64. The van der Waals surface area contributed by atoms with Crippen molar-refractivity contribution in [2.45, 2.75) is 57.8 Å². The molecule has 1 aromatic heterocycles. The Balaban J connectivity index is 1.36. The highest BCUT2D eigenvalue weighted by atomic mass is 19.4. The van der Waals surface area contributed by atoms with Gasteiger partial charge >= 0.3 is 6.18 Å². The van der Waals surface area contributed by atoms with Crippen molar-refractivity contribution < 1.29 is 27.5 Å². The first-order valence-corrected chi connectivity index (χ1v) is 12.1. The van der Waals surface area contributed by atoms with Crippen molar-refractivity contribution in [3.05, 3.63) is 18.0 Å². The molecule has 3 N–H and O–H groups in total.